The third kappa shape index (κ3) is 2.47. The zero-order chi connectivity index (χ0) is 13.8. The highest BCUT2D eigenvalue weighted by Crippen LogP contribution is 2.19. The van der Waals surface area contributed by atoms with Crippen LogP contribution in [0.4, 0.5) is 4.79 Å². The number of benzene rings is 1. The molecule has 0 fully saturated rings. The van der Waals surface area contributed by atoms with Crippen LogP contribution in [0.2, 0.25) is 0 Å². The number of esters is 1. The molecule has 1 aromatic heterocycles. The van der Waals surface area contributed by atoms with Crippen molar-refractivity contribution in [3.8, 4) is 11.3 Å². The molecule has 6 nitrogen and oxygen atoms in total. The molecule has 1 heterocycles. The second-order valence-corrected chi connectivity index (χ2v) is 3.65. The Hall–Kier alpha value is -2.63. The topological polar surface area (TPSA) is 70.4 Å². The van der Waals surface area contributed by atoms with Gasteiger partial charge in [0.2, 0.25) is 0 Å². The van der Waals surface area contributed by atoms with Gasteiger partial charge < -0.3 is 9.47 Å². The summed E-state index contributed by atoms with van der Waals surface area (Å²) < 4.78 is 10.1. The van der Waals surface area contributed by atoms with E-state index in [9.17, 15) is 9.59 Å². The van der Waals surface area contributed by atoms with Gasteiger partial charge in [-0.25, -0.2) is 9.59 Å². The second-order valence-electron chi connectivity index (χ2n) is 3.65. The maximum Gasteiger partial charge on any atom is 0.435 e. The summed E-state index contributed by atoms with van der Waals surface area (Å²) in [6.45, 7) is 0. The highest BCUT2D eigenvalue weighted by Gasteiger charge is 2.21. The van der Waals surface area contributed by atoms with Crippen LogP contribution in [0.15, 0.2) is 36.4 Å². The van der Waals surface area contributed by atoms with Gasteiger partial charge in [0.25, 0.3) is 0 Å². The number of hydrogen-bond acceptors (Lipinski definition) is 5. The Kier molecular flexibility index (Phi) is 3.61. The first kappa shape index (κ1) is 12.8. The van der Waals surface area contributed by atoms with E-state index in [1.807, 2.05) is 30.3 Å². The standard InChI is InChI=1S/C13H12N2O4/c1-18-12(16)11-8-10(9-6-4-3-5-7-9)14-15(11)13(17)19-2/h3-8H,1-2H3. The number of hydrogen-bond donors (Lipinski definition) is 0. The van der Waals surface area contributed by atoms with Crippen LogP contribution in [0.25, 0.3) is 11.3 Å². The Balaban J connectivity index is 2.52. The Morgan fingerprint density at radius 3 is 2.37 bits per heavy atom. The molecule has 0 aliphatic rings. The summed E-state index contributed by atoms with van der Waals surface area (Å²) in [5, 5.41) is 4.06. The summed E-state index contributed by atoms with van der Waals surface area (Å²) in [6, 6.07) is 10.7. The first-order valence-electron chi connectivity index (χ1n) is 5.49. The average molecular weight is 260 g/mol. The molecule has 0 saturated heterocycles. The molecular formula is C13H12N2O4. The molecule has 0 aliphatic carbocycles. The summed E-state index contributed by atoms with van der Waals surface area (Å²) in [6.07, 6.45) is -0.748. The molecule has 2 aromatic rings. The fourth-order valence-electron chi connectivity index (χ4n) is 1.61. The maximum atomic E-state index is 11.6. The van der Waals surface area contributed by atoms with E-state index in [0.29, 0.717) is 5.69 Å². The zero-order valence-corrected chi connectivity index (χ0v) is 10.5. The molecule has 0 aliphatic heterocycles. The number of aromatic nitrogens is 2. The number of methoxy groups -OCH3 is 2. The summed E-state index contributed by atoms with van der Waals surface area (Å²) in [5.74, 6) is -0.653. The second kappa shape index (κ2) is 5.34. The first-order chi connectivity index (χ1) is 9.17. The summed E-state index contributed by atoms with van der Waals surface area (Å²) >= 11 is 0. The molecule has 0 N–H and O–H groups in total. The number of nitrogens with zero attached hydrogens (tertiary/aromatic N) is 2. The minimum absolute atomic E-state index is 0.0215. The summed E-state index contributed by atoms with van der Waals surface area (Å²) in [4.78, 5) is 23.2. The molecule has 0 radical (unpaired) electrons. The normalized spacial score (nSPS) is 10.0. The van der Waals surface area contributed by atoms with Crippen LogP contribution in [0.1, 0.15) is 10.5 Å². The van der Waals surface area contributed by atoms with Crippen LogP contribution in [-0.2, 0) is 9.47 Å². The van der Waals surface area contributed by atoms with Crippen molar-refractivity contribution in [1.82, 2.24) is 9.78 Å². The van der Waals surface area contributed by atoms with E-state index in [0.717, 1.165) is 10.2 Å². The minimum Gasteiger partial charge on any atom is -0.464 e. The highest BCUT2D eigenvalue weighted by molar-refractivity contribution is 5.92. The average Bonchev–Trinajstić information content (AvgIpc) is 2.91. The molecule has 0 saturated carbocycles. The van der Waals surface area contributed by atoms with E-state index in [4.69, 9.17) is 0 Å². The van der Waals surface area contributed by atoms with Crippen LogP contribution >= 0.6 is 0 Å². The molecule has 0 atom stereocenters. The molecule has 6 heteroatoms. The van der Waals surface area contributed by atoms with Gasteiger partial charge in [-0.15, -0.1) is 0 Å². The number of rotatable bonds is 2. The van der Waals surface area contributed by atoms with E-state index < -0.39 is 12.1 Å². The number of carbonyl (C=O) groups excluding carboxylic acids is 2. The highest BCUT2D eigenvalue weighted by atomic mass is 16.5. The third-order valence-electron chi connectivity index (χ3n) is 2.52. The smallest absolute Gasteiger partial charge is 0.435 e. The fourth-order valence-corrected chi connectivity index (χ4v) is 1.61. The molecule has 2 rings (SSSR count). The molecule has 0 unspecified atom stereocenters. The largest absolute Gasteiger partial charge is 0.464 e. The van der Waals surface area contributed by atoms with Crippen LogP contribution in [0.3, 0.4) is 0 Å². The van der Waals surface area contributed by atoms with Crippen molar-refractivity contribution >= 4 is 12.1 Å². The minimum atomic E-state index is -0.748. The van der Waals surface area contributed by atoms with Crippen molar-refractivity contribution < 1.29 is 19.1 Å². The molecular weight excluding hydrogens is 248 g/mol. The van der Waals surface area contributed by atoms with Gasteiger partial charge in [-0.05, 0) is 6.07 Å². The van der Waals surface area contributed by atoms with Crippen LogP contribution in [-0.4, -0.2) is 36.1 Å². The lowest BCUT2D eigenvalue weighted by atomic mass is 10.1. The number of ether oxygens (including phenoxy) is 2. The van der Waals surface area contributed by atoms with Gasteiger partial charge in [0.15, 0.2) is 5.69 Å². The van der Waals surface area contributed by atoms with E-state index in [1.54, 1.807) is 0 Å². The first-order valence-corrected chi connectivity index (χ1v) is 5.49. The molecule has 0 spiro atoms. The molecule has 0 amide bonds. The van der Waals surface area contributed by atoms with Crippen molar-refractivity contribution in [2.45, 2.75) is 0 Å². The monoisotopic (exact) mass is 260 g/mol. The predicted octanol–water partition coefficient (Wildman–Crippen LogP) is 1.95. The Morgan fingerprint density at radius 2 is 1.79 bits per heavy atom. The van der Waals surface area contributed by atoms with Gasteiger partial charge in [0.05, 0.1) is 19.9 Å². The molecule has 19 heavy (non-hydrogen) atoms. The van der Waals surface area contributed by atoms with Crippen molar-refractivity contribution in [2.24, 2.45) is 0 Å². The Labute approximate surface area is 109 Å². The van der Waals surface area contributed by atoms with Gasteiger partial charge >= 0.3 is 12.1 Å². The van der Waals surface area contributed by atoms with Gasteiger partial charge in [0.1, 0.15) is 0 Å². The summed E-state index contributed by atoms with van der Waals surface area (Å²) in [5.41, 5.74) is 1.30. The molecule has 0 bridgehead atoms. The van der Waals surface area contributed by atoms with Crippen molar-refractivity contribution in [1.29, 1.82) is 0 Å². The lowest BCUT2D eigenvalue weighted by Gasteiger charge is -2.01. The summed E-state index contributed by atoms with van der Waals surface area (Å²) in [7, 11) is 2.45. The van der Waals surface area contributed by atoms with E-state index in [-0.39, 0.29) is 5.69 Å². The Bertz CT molecular complexity index is 571. The van der Waals surface area contributed by atoms with Gasteiger partial charge in [0, 0.05) is 5.56 Å². The predicted molar refractivity (Wildman–Crippen MR) is 66.8 cm³/mol. The van der Waals surface area contributed by atoms with E-state index >= 15 is 0 Å². The lowest BCUT2D eigenvalue weighted by molar-refractivity contribution is 0.0585. The van der Waals surface area contributed by atoms with Crippen LogP contribution in [0, 0.1) is 0 Å². The fraction of sp³-hybridized carbons (Fsp3) is 0.154. The quantitative estimate of drug-likeness (QED) is 0.772. The Morgan fingerprint density at radius 1 is 1.11 bits per heavy atom. The number of carbonyl (C=O) groups is 2. The zero-order valence-electron chi connectivity index (χ0n) is 10.5. The van der Waals surface area contributed by atoms with E-state index in [2.05, 4.69) is 14.6 Å². The lowest BCUT2D eigenvalue weighted by Crippen LogP contribution is -2.19. The van der Waals surface area contributed by atoms with Crippen molar-refractivity contribution in [3.63, 3.8) is 0 Å². The van der Waals surface area contributed by atoms with Crippen LogP contribution in [0.5, 0.6) is 0 Å². The maximum absolute atomic E-state index is 11.6. The van der Waals surface area contributed by atoms with Gasteiger partial charge in [-0.3, -0.25) is 0 Å². The van der Waals surface area contributed by atoms with Gasteiger partial charge in [-0.2, -0.15) is 9.78 Å². The molecule has 1 aromatic carbocycles. The van der Waals surface area contributed by atoms with Crippen LogP contribution < -0.4 is 0 Å². The van der Waals surface area contributed by atoms with E-state index in [1.165, 1.54) is 20.3 Å². The van der Waals surface area contributed by atoms with Crippen molar-refractivity contribution in [3.05, 3.63) is 42.1 Å². The third-order valence-corrected chi connectivity index (χ3v) is 2.52. The molecule has 98 valence electrons. The van der Waals surface area contributed by atoms with Crippen molar-refractivity contribution in [2.75, 3.05) is 14.2 Å². The van der Waals surface area contributed by atoms with Gasteiger partial charge in [-0.1, -0.05) is 30.3 Å². The SMILES string of the molecule is COC(=O)c1cc(-c2ccccc2)nn1C(=O)OC.